The molecule has 0 amide bonds. The minimum Gasteiger partial charge on any atom is -0.238 e. The molecule has 3 rings (SSSR count). The summed E-state index contributed by atoms with van der Waals surface area (Å²) in [5.41, 5.74) is 4.09. The number of piperidine rings is 1. The van der Waals surface area contributed by atoms with E-state index in [1.807, 2.05) is 25.1 Å². The molecule has 128 valence electrons. The van der Waals surface area contributed by atoms with Crippen LogP contribution in [0.25, 0.3) is 11.3 Å². The SMILES string of the molecule is Cc1cc(-c2ccccc2C)nc([C@@H]2CCCN(S(C)(=O)=O)C2)n1. The van der Waals surface area contributed by atoms with Crippen LogP contribution in [0, 0.1) is 13.8 Å². The summed E-state index contributed by atoms with van der Waals surface area (Å²) in [5.74, 6) is 0.803. The molecule has 1 fully saturated rings. The number of sulfonamides is 1. The van der Waals surface area contributed by atoms with Gasteiger partial charge in [-0.05, 0) is 38.3 Å². The molecule has 6 heteroatoms. The molecular formula is C18H23N3O2S. The normalized spacial score (nSPS) is 19.4. The lowest BCUT2D eigenvalue weighted by Gasteiger charge is -2.30. The van der Waals surface area contributed by atoms with Crippen molar-refractivity contribution in [3.63, 3.8) is 0 Å². The van der Waals surface area contributed by atoms with Gasteiger partial charge in [-0.2, -0.15) is 0 Å². The van der Waals surface area contributed by atoms with E-state index in [0.717, 1.165) is 35.6 Å². The second kappa shape index (κ2) is 6.61. The van der Waals surface area contributed by atoms with Crippen molar-refractivity contribution in [2.24, 2.45) is 0 Å². The zero-order valence-corrected chi connectivity index (χ0v) is 15.2. The highest BCUT2D eigenvalue weighted by molar-refractivity contribution is 7.88. The Kier molecular flexibility index (Phi) is 4.69. The molecule has 1 aromatic carbocycles. The molecule has 5 nitrogen and oxygen atoms in total. The molecule has 24 heavy (non-hydrogen) atoms. The van der Waals surface area contributed by atoms with Crippen LogP contribution in [0.3, 0.4) is 0 Å². The summed E-state index contributed by atoms with van der Waals surface area (Å²) in [6.07, 6.45) is 3.03. The first-order chi connectivity index (χ1) is 11.3. The van der Waals surface area contributed by atoms with Crippen LogP contribution in [-0.4, -0.2) is 42.0 Å². The molecule has 0 aliphatic carbocycles. The number of hydrogen-bond acceptors (Lipinski definition) is 4. The summed E-state index contributed by atoms with van der Waals surface area (Å²) in [5, 5.41) is 0. The van der Waals surface area contributed by atoms with Crippen molar-refractivity contribution in [3.05, 3.63) is 47.4 Å². The van der Waals surface area contributed by atoms with E-state index in [1.165, 1.54) is 11.8 Å². The van der Waals surface area contributed by atoms with Gasteiger partial charge in [-0.1, -0.05) is 24.3 Å². The molecule has 0 N–H and O–H groups in total. The van der Waals surface area contributed by atoms with Gasteiger partial charge in [0.25, 0.3) is 0 Å². The van der Waals surface area contributed by atoms with Gasteiger partial charge in [0.15, 0.2) is 0 Å². The van der Waals surface area contributed by atoms with Crippen LogP contribution in [0.1, 0.15) is 35.8 Å². The summed E-state index contributed by atoms with van der Waals surface area (Å²) < 4.78 is 25.2. The third-order valence-electron chi connectivity index (χ3n) is 4.51. The fourth-order valence-electron chi connectivity index (χ4n) is 3.23. The van der Waals surface area contributed by atoms with Crippen molar-refractivity contribution in [1.82, 2.24) is 14.3 Å². The van der Waals surface area contributed by atoms with Gasteiger partial charge in [-0.25, -0.2) is 22.7 Å². The van der Waals surface area contributed by atoms with Crippen LogP contribution in [-0.2, 0) is 10.0 Å². The highest BCUT2D eigenvalue weighted by Gasteiger charge is 2.28. The number of aromatic nitrogens is 2. The molecule has 1 aromatic heterocycles. The van der Waals surface area contributed by atoms with Gasteiger partial charge in [0.2, 0.25) is 10.0 Å². The predicted octanol–water partition coefficient (Wildman–Crippen LogP) is 2.90. The number of hydrogen-bond donors (Lipinski definition) is 0. The summed E-state index contributed by atoms with van der Waals surface area (Å²) in [6.45, 7) is 5.09. The predicted molar refractivity (Wildman–Crippen MR) is 95.3 cm³/mol. The lowest BCUT2D eigenvalue weighted by molar-refractivity contribution is 0.311. The van der Waals surface area contributed by atoms with Gasteiger partial charge < -0.3 is 0 Å². The van der Waals surface area contributed by atoms with Crippen LogP contribution in [0.4, 0.5) is 0 Å². The minimum absolute atomic E-state index is 0.0520. The van der Waals surface area contributed by atoms with E-state index in [0.29, 0.717) is 13.1 Å². The number of aryl methyl sites for hydroxylation is 2. The fourth-order valence-corrected chi connectivity index (χ4v) is 4.14. The van der Waals surface area contributed by atoms with E-state index in [9.17, 15) is 8.42 Å². The van der Waals surface area contributed by atoms with Crippen LogP contribution in [0.5, 0.6) is 0 Å². The molecule has 0 unspecified atom stereocenters. The molecule has 0 saturated carbocycles. The van der Waals surface area contributed by atoms with Crippen molar-refractivity contribution in [3.8, 4) is 11.3 Å². The monoisotopic (exact) mass is 345 g/mol. The highest BCUT2D eigenvalue weighted by atomic mass is 32.2. The molecule has 2 aromatic rings. The van der Waals surface area contributed by atoms with Gasteiger partial charge >= 0.3 is 0 Å². The van der Waals surface area contributed by atoms with E-state index in [2.05, 4.69) is 24.0 Å². The molecule has 1 aliphatic rings. The second-order valence-corrected chi connectivity index (χ2v) is 8.51. The zero-order chi connectivity index (χ0) is 17.3. The lowest BCUT2D eigenvalue weighted by Crippen LogP contribution is -2.38. The van der Waals surface area contributed by atoms with E-state index in [-0.39, 0.29) is 5.92 Å². The van der Waals surface area contributed by atoms with E-state index in [4.69, 9.17) is 4.98 Å². The lowest BCUT2D eigenvalue weighted by atomic mass is 9.98. The summed E-state index contributed by atoms with van der Waals surface area (Å²) in [7, 11) is -3.17. The number of rotatable bonds is 3. The van der Waals surface area contributed by atoms with Gasteiger partial charge in [0, 0.05) is 30.3 Å². The zero-order valence-electron chi connectivity index (χ0n) is 14.4. The maximum Gasteiger partial charge on any atom is 0.211 e. The molecule has 1 atom stereocenters. The van der Waals surface area contributed by atoms with Gasteiger partial charge in [0.05, 0.1) is 11.9 Å². The van der Waals surface area contributed by atoms with Gasteiger partial charge in [-0.15, -0.1) is 0 Å². The first-order valence-electron chi connectivity index (χ1n) is 8.21. The molecule has 0 bridgehead atoms. The highest BCUT2D eigenvalue weighted by Crippen LogP contribution is 2.28. The minimum atomic E-state index is -3.17. The Hall–Kier alpha value is -1.79. The third-order valence-corrected chi connectivity index (χ3v) is 5.78. The Morgan fingerprint density at radius 1 is 1.17 bits per heavy atom. The van der Waals surface area contributed by atoms with Crippen LogP contribution in [0.15, 0.2) is 30.3 Å². The summed E-state index contributed by atoms with van der Waals surface area (Å²) >= 11 is 0. The topological polar surface area (TPSA) is 63.2 Å². The van der Waals surface area contributed by atoms with E-state index < -0.39 is 10.0 Å². The van der Waals surface area contributed by atoms with Crippen LogP contribution >= 0.6 is 0 Å². The Labute approximate surface area is 143 Å². The van der Waals surface area contributed by atoms with E-state index in [1.54, 1.807) is 4.31 Å². The maximum absolute atomic E-state index is 11.8. The second-order valence-electron chi connectivity index (χ2n) is 6.53. The molecule has 2 heterocycles. The number of benzene rings is 1. The number of nitrogens with zero attached hydrogens (tertiary/aromatic N) is 3. The average Bonchev–Trinajstić information content (AvgIpc) is 2.54. The van der Waals surface area contributed by atoms with Crippen molar-refractivity contribution < 1.29 is 8.42 Å². The summed E-state index contributed by atoms with van der Waals surface area (Å²) in [6, 6.07) is 10.1. The van der Waals surface area contributed by atoms with Crippen LogP contribution < -0.4 is 0 Å². The first-order valence-corrected chi connectivity index (χ1v) is 10.1. The fraction of sp³-hybridized carbons (Fsp3) is 0.444. The molecule has 0 radical (unpaired) electrons. The molecule has 1 saturated heterocycles. The third kappa shape index (κ3) is 3.65. The van der Waals surface area contributed by atoms with E-state index >= 15 is 0 Å². The van der Waals surface area contributed by atoms with Crippen LogP contribution in [0.2, 0.25) is 0 Å². The Bertz CT molecular complexity index is 849. The Morgan fingerprint density at radius 2 is 1.92 bits per heavy atom. The van der Waals surface area contributed by atoms with Crippen molar-refractivity contribution in [1.29, 1.82) is 0 Å². The van der Waals surface area contributed by atoms with Crippen molar-refractivity contribution in [2.45, 2.75) is 32.6 Å². The molecule has 1 aliphatic heterocycles. The smallest absolute Gasteiger partial charge is 0.211 e. The quantitative estimate of drug-likeness (QED) is 0.858. The average molecular weight is 345 g/mol. The summed E-state index contributed by atoms with van der Waals surface area (Å²) in [4.78, 5) is 9.37. The maximum atomic E-state index is 11.8. The largest absolute Gasteiger partial charge is 0.238 e. The van der Waals surface area contributed by atoms with Gasteiger partial charge in [-0.3, -0.25) is 0 Å². The molecule has 0 spiro atoms. The Balaban J connectivity index is 1.96. The molecular weight excluding hydrogens is 322 g/mol. The van der Waals surface area contributed by atoms with Gasteiger partial charge in [0.1, 0.15) is 5.82 Å². The Morgan fingerprint density at radius 3 is 2.62 bits per heavy atom. The first kappa shape index (κ1) is 17.0. The van der Waals surface area contributed by atoms with Crippen molar-refractivity contribution in [2.75, 3.05) is 19.3 Å². The van der Waals surface area contributed by atoms with Crippen molar-refractivity contribution >= 4 is 10.0 Å². The standard InChI is InChI=1S/C18H23N3O2S/c1-13-7-4-5-9-16(13)17-11-14(2)19-18(20-17)15-8-6-10-21(12-15)24(3,22)23/h4-5,7,9,11,15H,6,8,10,12H2,1-3H3/t15-/m1/s1.